The molecule has 22 heavy (non-hydrogen) atoms. The maximum atomic E-state index is 12.4. The van der Waals surface area contributed by atoms with Crippen molar-refractivity contribution in [1.82, 2.24) is 4.90 Å². The molecular weight excluding hydrogens is 272 g/mol. The predicted molar refractivity (Wildman–Crippen MR) is 91.8 cm³/mol. The van der Waals surface area contributed by atoms with E-state index in [1.165, 1.54) is 11.1 Å². The van der Waals surface area contributed by atoms with Crippen molar-refractivity contribution in [2.75, 3.05) is 6.54 Å². The first kappa shape index (κ1) is 17.0. The van der Waals surface area contributed by atoms with Crippen molar-refractivity contribution in [3.8, 4) is 0 Å². The summed E-state index contributed by atoms with van der Waals surface area (Å²) in [7, 11) is 0. The van der Waals surface area contributed by atoms with E-state index in [0.29, 0.717) is 6.42 Å². The van der Waals surface area contributed by atoms with E-state index in [-0.39, 0.29) is 23.4 Å². The molecule has 1 aromatic carbocycles. The number of likely N-dealkylation sites (tertiary alicyclic amines) is 1. The van der Waals surface area contributed by atoms with Crippen LogP contribution < -0.4 is 5.73 Å². The van der Waals surface area contributed by atoms with Gasteiger partial charge in [0, 0.05) is 25.0 Å². The molecule has 2 atom stereocenters. The number of carbonyl (C=O) groups is 1. The molecule has 0 aliphatic carbocycles. The van der Waals surface area contributed by atoms with Gasteiger partial charge in [-0.1, -0.05) is 45.0 Å². The molecule has 1 saturated heterocycles. The fraction of sp³-hybridized carbons (Fsp3) is 0.632. The predicted octanol–water partition coefficient (Wildman–Crippen LogP) is 3.25. The third-order valence-corrected chi connectivity index (χ3v) is 4.68. The molecule has 3 heteroatoms. The van der Waals surface area contributed by atoms with Crippen molar-refractivity contribution in [2.24, 2.45) is 5.73 Å². The van der Waals surface area contributed by atoms with Gasteiger partial charge in [0.05, 0.1) is 0 Å². The van der Waals surface area contributed by atoms with Crippen LogP contribution in [0, 0.1) is 0 Å². The van der Waals surface area contributed by atoms with Gasteiger partial charge in [-0.3, -0.25) is 4.79 Å². The van der Waals surface area contributed by atoms with Gasteiger partial charge in [-0.15, -0.1) is 0 Å². The molecule has 2 N–H and O–H groups in total. The van der Waals surface area contributed by atoms with E-state index in [1.807, 2.05) is 4.90 Å². The molecule has 3 nitrogen and oxygen atoms in total. The molecule has 1 aliphatic rings. The van der Waals surface area contributed by atoms with Crippen LogP contribution in [0.5, 0.6) is 0 Å². The number of rotatable bonds is 3. The van der Waals surface area contributed by atoms with Crippen LogP contribution in [0.1, 0.15) is 58.1 Å². The van der Waals surface area contributed by atoms with Crippen molar-refractivity contribution in [3.63, 3.8) is 0 Å². The number of aryl methyl sites for hydroxylation is 1. The summed E-state index contributed by atoms with van der Waals surface area (Å²) in [5.74, 6) is 0.263. The van der Waals surface area contributed by atoms with Crippen LogP contribution in [-0.4, -0.2) is 29.4 Å². The number of nitrogens with two attached hydrogens (primary N) is 1. The minimum atomic E-state index is 0.177. The highest BCUT2D eigenvalue weighted by molar-refractivity contribution is 5.76. The molecule has 1 aromatic rings. The van der Waals surface area contributed by atoms with Crippen LogP contribution in [0.25, 0.3) is 0 Å². The molecule has 0 saturated carbocycles. The van der Waals surface area contributed by atoms with E-state index in [4.69, 9.17) is 5.73 Å². The normalized spacial score (nSPS) is 22.7. The van der Waals surface area contributed by atoms with Crippen molar-refractivity contribution >= 4 is 5.91 Å². The molecule has 122 valence electrons. The van der Waals surface area contributed by atoms with Crippen molar-refractivity contribution in [2.45, 2.75) is 70.9 Å². The van der Waals surface area contributed by atoms with Crippen molar-refractivity contribution in [3.05, 3.63) is 35.4 Å². The lowest BCUT2D eigenvalue weighted by atomic mass is 9.86. The Balaban J connectivity index is 1.88. The van der Waals surface area contributed by atoms with E-state index < -0.39 is 0 Å². The zero-order valence-corrected chi connectivity index (χ0v) is 14.4. The zero-order chi connectivity index (χ0) is 16.3. The van der Waals surface area contributed by atoms with Crippen LogP contribution in [0.2, 0.25) is 0 Å². The van der Waals surface area contributed by atoms with Gasteiger partial charge in [-0.25, -0.2) is 0 Å². The summed E-state index contributed by atoms with van der Waals surface area (Å²) in [6.07, 6.45) is 3.26. The second-order valence-electron chi connectivity index (χ2n) is 7.67. The van der Waals surface area contributed by atoms with E-state index in [1.54, 1.807) is 0 Å². The topological polar surface area (TPSA) is 46.3 Å². The maximum absolute atomic E-state index is 12.4. The second kappa shape index (κ2) is 6.82. The summed E-state index contributed by atoms with van der Waals surface area (Å²) < 4.78 is 0. The Bertz CT molecular complexity index is 501. The lowest BCUT2D eigenvalue weighted by Crippen LogP contribution is -2.48. The zero-order valence-electron chi connectivity index (χ0n) is 14.4. The van der Waals surface area contributed by atoms with Crippen molar-refractivity contribution < 1.29 is 4.79 Å². The van der Waals surface area contributed by atoms with Gasteiger partial charge in [0.2, 0.25) is 5.91 Å². The number of hydrogen-bond acceptors (Lipinski definition) is 2. The van der Waals surface area contributed by atoms with E-state index >= 15 is 0 Å². The minimum absolute atomic E-state index is 0.177. The standard InChI is InChI=1S/C19H30N2O/c1-14-13-17(20)11-12-21(14)18(22)10-7-15-5-8-16(9-6-15)19(2,3)4/h5-6,8-9,14,17H,7,10-13,20H2,1-4H3/t14-,17-/m1/s1. The van der Waals surface area contributed by atoms with Crippen LogP contribution >= 0.6 is 0 Å². The molecule has 0 aromatic heterocycles. The third-order valence-electron chi connectivity index (χ3n) is 4.68. The first-order chi connectivity index (χ1) is 10.3. The smallest absolute Gasteiger partial charge is 0.223 e. The summed E-state index contributed by atoms with van der Waals surface area (Å²) in [5.41, 5.74) is 8.71. The van der Waals surface area contributed by atoms with Gasteiger partial charge in [-0.05, 0) is 42.7 Å². The average molecular weight is 302 g/mol. The fourth-order valence-electron chi connectivity index (χ4n) is 3.15. The summed E-state index contributed by atoms with van der Waals surface area (Å²) in [4.78, 5) is 14.4. The fourth-order valence-corrected chi connectivity index (χ4v) is 3.15. The summed E-state index contributed by atoms with van der Waals surface area (Å²) in [6.45, 7) is 9.56. The number of nitrogens with zero attached hydrogens (tertiary/aromatic N) is 1. The number of benzene rings is 1. The summed E-state index contributed by atoms with van der Waals surface area (Å²) >= 11 is 0. The van der Waals surface area contributed by atoms with Gasteiger partial charge in [0.1, 0.15) is 0 Å². The monoisotopic (exact) mass is 302 g/mol. The number of piperidine rings is 1. The van der Waals surface area contributed by atoms with Gasteiger partial charge in [0.25, 0.3) is 0 Å². The van der Waals surface area contributed by atoms with Crippen LogP contribution in [0.4, 0.5) is 0 Å². The Labute approximate surface area is 134 Å². The molecule has 1 aliphatic heterocycles. The third kappa shape index (κ3) is 4.33. The largest absolute Gasteiger partial charge is 0.340 e. The van der Waals surface area contributed by atoms with Crippen molar-refractivity contribution in [1.29, 1.82) is 0 Å². The Kier molecular flexibility index (Phi) is 5.28. The summed E-state index contributed by atoms with van der Waals surface area (Å²) in [6, 6.07) is 9.21. The molecule has 0 unspecified atom stereocenters. The lowest BCUT2D eigenvalue weighted by Gasteiger charge is -2.36. The lowest BCUT2D eigenvalue weighted by molar-refractivity contribution is -0.134. The number of amides is 1. The molecule has 0 spiro atoms. The number of carbonyl (C=O) groups excluding carboxylic acids is 1. The molecule has 1 heterocycles. The molecule has 2 rings (SSSR count). The van der Waals surface area contributed by atoms with E-state index in [9.17, 15) is 4.79 Å². The number of hydrogen-bond donors (Lipinski definition) is 1. The Morgan fingerprint density at radius 1 is 1.27 bits per heavy atom. The molecule has 0 bridgehead atoms. The first-order valence-corrected chi connectivity index (χ1v) is 8.42. The highest BCUT2D eigenvalue weighted by atomic mass is 16.2. The van der Waals surface area contributed by atoms with Gasteiger partial charge < -0.3 is 10.6 Å². The van der Waals surface area contributed by atoms with Crippen LogP contribution in [0.15, 0.2) is 24.3 Å². The molecule has 0 radical (unpaired) electrons. The van der Waals surface area contributed by atoms with Gasteiger partial charge in [0.15, 0.2) is 0 Å². The van der Waals surface area contributed by atoms with E-state index in [2.05, 4.69) is 52.0 Å². The summed E-state index contributed by atoms with van der Waals surface area (Å²) in [5, 5.41) is 0. The van der Waals surface area contributed by atoms with Crippen LogP contribution in [0.3, 0.4) is 0 Å². The Morgan fingerprint density at radius 2 is 1.91 bits per heavy atom. The highest BCUT2D eigenvalue weighted by Crippen LogP contribution is 2.23. The first-order valence-electron chi connectivity index (χ1n) is 8.42. The highest BCUT2D eigenvalue weighted by Gasteiger charge is 2.26. The van der Waals surface area contributed by atoms with Gasteiger partial charge >= 0.3 is 0 Å². The Morgan fingerprint density at radius 3 is 2.45 bits per heavy atom. The maximum Gasteiger partial charge on any atom is 0.223 e. The van der Waals surface area contributed by atoms with Gasteiger partial charge in [-0.2, -0.15) is 0 Å². The SMILES string of the molecule is C[C@@H]1C[C@H](N)CCN1C(=O)CCc1ccc(C(C)(C)C)cc1. The average Bonchev–Trinajstić information content (AvgIpc) is 2.44. The Hall–Kier alpha value is -1.35. The molecule has 1 fully saturated rings. The second-order valence-corrected chi connectivity index (χ2v) is 7.67. The van der Waals surface area contributed by atoms with Crippen LogP contribution in [-0.2, 0) is 16.6 Å². The molecular formula is C19H30N2O. The van der Waals surface area contributed by atoms with E-state index in [0.717, 1.165) is 25.8 Å². The molecule has 1 amide bonds. The quantitative estimate of drug-likeness (QED) is 0.931. The minimum Gasteiger partial charge on any atom is -0.340 e.